The van der Waals surface area contributed by atoms with Gasteiger partial charge >= 0.3 is 0 Å². The summed E-state index contributed by atoms with van der Waals surface area (Å²) in [6.45, 7) is 0.683. The van der Waals surface area contributed by atoms with Gasteiger partial charge in [0.1, 0.15) is 5.82 Å². The molecule has 1 aromatic carbocycles. The Kier molecular flexibility index (Phi) is 3.60. The summed E-state index contributed by atoms with van der Waals surface area (Å²) < 4.78 is 1.06. The molecule has 0 radical (unpaired) electrons. The summed E-state index contributed by atoms with van der Waals surface area (Å²) in [5.74, 6) is 0.922. The molecule has 0 saturated carbocycles. The lowest BCUT2D eigenvalue weighted by atomic mass is 10.2. The van der Waals surface area contributed by atoms with Gasteiger partial charge in [0.15, 0.2) is 0 Å². The van der Waals surface area contributed by atoms with Crippen LogP contribution in [0.2, 0.25) is 0 Å². The number of hydrogen-bond acceptors (Lipinski definition) is 4. The average molecular weight is 329 g/mol. The second-order valence-electron chi connectivity index (χ2n) is 4.56. The molecule has 0 fully saturated rings. The Morgan fingerprint density at radius 1 is 1.15 bits per heavy atom. The Morgan fingerprint density at radius 3 is 2.85 bits per heavy atom. The molecular formula is C15H13BrN4. The molecule has 2 heterocycles. The van der Waals surface area contributed by atoms with Crippen LogP contribution in [0.1, 0.15) is 5.69 Å². The molecule has 0 spiro atoms. The summed E-state index contributed by atoms with van der Waals surface area (Å²) >= 11 is 3.47. The highest BCUT2D eigenvalue weighted by atomic mass is 79.9. The van der Waals surface area contributed by atoms with Gasteiger partial charge in [0.2, 0.25) is 0 Å². The van der Waals surface area contributed by atoms with Crippen molar-refractivity contribution in [1.29, 1.82) is 0 Å². The van der Waals surface area contributed by atoms with Crippen LogP contribution in [0, 0.1) is 0 Å². The SMILES string of the molecule is CN(Cc1cnccn1)c1ccc2cc(Br)ccc2n1. The van der Waals surface area contributed by atoms with E-state index in [0.29, 0.717) is 6.54 Å². The largest absolute Gasteiger partial charge is 0.354 e. The number of fused-ring (bicyclic) bond motifs is 1. The third-order valence-corrected chi connectivity index (χ3v) is 3.54. The lowest BCUT2D eigenvalue weighted by Gasteiger charge is -2.17. The van der Waals surface area contributed by atoms with Crippen LogP contribution in [0.15, 0.2) is 53.4 Å². The number of benzene rings is 1. The van der Waals surface area contributed by atoms with Crippen molar-refractivity contribution in [3.63, 3.8) is 0 Å². The van der Waals surface area contributed by atoms with E-state index in [1.807, 2.05) is 25.2 Å². The van der Waals surface area contributed by atoms with Crippen molar-refractivity contribution in [2.45, 2.75) is 6.54 Å². The zero-order valence-corrected chi connectivity index (χ0v) is 12.6. The first kappa shape index (κ1) is 13.0. The Labute approximate surface area is 125 Å². The summed E-state index contributed by atoms with van der Waals surface area (Å²) in [5.41, 5.74) is 1.91. The van der Waals surface area contributed by atoms with E-state index in [1.165, 1.54) is 0 Å². The molecule has 0 aliphatic carbocycles. The minimum atomic E-state index is 0.683. The molecule has 0 atom stereocenters. The predicted molar refractivity (Wildman–Crippen MR) is 83.6 cm³/mol. The molecular weight excluding hydrogens is 316 g/mol. The predicted octanol–water partition coefficient (Wildman–Crippen LogP) is 3.42. The maximum Gasteiger partial charge on any atom is 0.129 e. The van der Waals surface area contributed by atoms with E-state index in [4.69, 9.17) is 0 Å². The molecule has 2 aromatic heterocycles. The van der Waals surface area contributed by atoms with Crippen LogP contribution in [-0.2, 0) is 6.54 Å². The quantitative estimate of drug-likeness (QED) is 0.738. The Balaban J connectivity index is 1.88. The van der Waals surface area contributed by atoms with Gasteiger partial charge in [-0.2, -0.15) is 0 Å². The lowest BCUT2D eigenvalue weighted by molar-refractivity contribution is 0.859. The first-order valence-electron chi connectivity index (χ1n) is 6.25. The van der Waals surface area contributed by atoms with Crippen molar-refractivity contribution in [1.82, 2.24) is 15.0 Å². The van der Waals surface area contributed by atoms with E-state index in [2.05, 4.69) is 47.9 Å². The molecule has 100 valence electrons. The average Bonchev–Trinajstić information content (AvgIpc) is 2.47. The van der Waals surface area contributed by atoms with E-state index in [9.17, 15) is 0 Å². The number of hydrogen-bond donors (Lipinski definition) is 0. The summed E-state index contributed by atoms with van der Waals surface area (Å²) in [4.78, 5) is 15.1. The van der Waals surface area contributed by atoms with Crippen LogP contribution in [0.5, 0.6) is 0 Å². The summed E-state index contributed by atoms with van der Waals surface area (Å²) in [6, 6.07) is 10.2. The van der Waals surface area contributed by atoms with Crippen molar-refractivity contribution < 1.29 is 0 Å². The molecule has 0 bridgehead atoms. The monoisotopic (exact) mass is 328 g/mol. The van der Waals surface area contributed by atoms with Crippen molar-refractivity contribution in [3.05, 3.63) is 59.1 Å². The van der Waals surface area contributed by atoms with Gasteiger partial charge in [0, 0.05) is 29.3 Å². The van der Waals surface area contributed by atoms with Crippen LogP contribution in [0.4, 0.5) is 5.82 Å². The van der Waals surface area contributed by atoms with Gasteiger partial charge in [-0.05, 0) is 30.3 Å². The summed E-state index contributed by atoms with van der Waals surface area (Å²) in [5, 5.41) is 1.12. The van der Waals surface area contributed by atoms with Crippen LogP contribution in [0.25, 0.3) is 10.9 Å². The molecule has 4 nitrogen and oxygen atoms in total. The van der Waals surface area contributed by atoms with E-state index < -0.39 is 0 Å². The second-order valence-corrected chi connectivity index (χ2v) is 5.47. The molecule has 5 heteroatoms. The highest BCUT2D eigenvalue weighted by Crippen LogP contribution is 2.21. The van der Waals surface area contributed by atoms with Crippen LogP contribution in [0.3, 0.4) is 0 Å². The second kappa shape index (κ2) is 5.54. The number of anilines is 1. The maximum absolute atomic E-state index is 4.67. The van der Waals surface area contributed by atoms with Gasteiger partial charge in [0.25, 0.3) is 0 Å². The van der Waals surface area contributed by atoms with Gasteiger partial charge in [-0.15, -0.1) is 0 Å². The topological polar surface area (TPSA) is 41.9 Å². The molecule has 0 unspecified atom stereocenters. The van der Waals surface area contributed by atoms with Crippen LogP contribution < -0.4 is 4.90 Å². The van der Waals surface area contributed by atoms with Gasteiger partial charge in [-0.1, -0.05) is 15.9 Å². The zero-order valence-electron chi connectivity index (χ0n) is 11.0. The van der Waals surface area contributed by atoms with E-state index in [0.717, 1.165) is 26.9 Å². The molecule has 3 aromatic rings. The van der Waals surface area contributed by atoms with Gasteiger partial charge in [0.05, 0.1) is 24.0 Å². The number of aromatic nitrogens is 3. The number of halogens is 1. The molecule has 0 saturated heterocycles. The summed E-state index contributed by atoms with van der Waals surface area (Å²) in [7, 11) is 2.00. The first-order valence-corrected chi connectivity index (χ1v) is 7.04. The Hall–Kier alpha value is -2.01. The normalized spacial score (nSPS) is 10.7. The minimum absolute atomic E-state index is 0.683. The van der Waals surface area contributed by atoms with Crippen LogP contribution in [-0.4, -0.2) is 22.0 Å². The van der Waals surface area contributed by atoms with Crippen LogP contribution >= 0.6 is 15.9 Å². The molecule has 0 N–H and O–H groups in total. The van der Waals surface area contributed by atoms with E-state index >= 15 is 0 Å². The van der Waals surface area contributed by atoms with Crippen molar-refractivity contribution in [2.24, 2.45) is 0 Å². The van der Waals surface area contributed by atoms with Crippen molar-refractivity contribution in [3.8, 4) is 0 Å². The fourth-order valence-electron chi connectivity index (χ4n) is 2.03. The number of nitrogens with zero attached hydrogens (tertiary/aromatic N) is 4. The first-order chi connectivity index (χ1) is 9.72. The number of pyridine rings is 1. The van der Waals surface area contributed by atoms with Gasteiger partial charge in [-0.3, -0.25) is 9.97 Å². The third kappa shape index (κ3) is 2.77. The molecule has 0 amide bonds. The Bertz CT molecular complexity index is 730. The van der Waals surface area contributed by atoms with Crippen molar-refractivity contribution >= 4 is 32.7 Å². The Morgan fingerprint density at radius 2 is 2.05 bits per heavy atom. The molecule has 0 aliphatic heterocycles. The number of rotatable bonds is 3. The zero-order chi connectivity index (χ0) is 13.9. The highest BCUT2D eigenvalue weighted by Gasteiger charge is 2.06. The maximum atomic E-state index is 4.67. The lowest BCUT2D eigenvalue weighted by Crippen LogP contribution is -2.18. The molecule has 20 heavy (non-hydrogen) atoms. The van der Waals surface area contributed by atoms with Crippen molar-refractivity contribution in [2.75, 3.05) is 11.9 Å². The smallest absolute Gasteiger partial charge is 0.129 e. The fourth-order valence-corrected chi connectivity index (χ4v) is 2.41. The molecule has 0 aliphatic rings. The van der Waals surface area contributed by atoms with Gasteiger partial charge < -0.3 is 4.90 Å². The third-order valence-electron chi connectivity index (χ3n) is 3.04. The standard InChI is InChI=1S/C15H13BrN4/c1-20(10-13-9-17-6-7-18-13)15-5-2-11-8-12(16)3-4-14(11)19-15/h2-9H,10H2,1H3. The molecule has 3 rings (SSSR count). The summed E-state index contributed by atoms with van der Waals surface area (Å²) in [6.07, 6.45) is 5.15. The van der Waals surface area contributed by atoms with E-state index in [1.54, 1.807) is 18.6 Å². The van der Waals surface area contributed by atoms with Gasteiger partial charge in [-0.25, -0.2) is 4.98 Å². The highest BCUT2D eigenvalue weighted by molar-refractivity contribution is 9.10. The fraction of sp³-hybridized carbons (Fsp3) is 0.133. The van der Waals surface area contributed by atoms with E-state index in [-0.39, 0.29) is 0 Å². The minimum Gasteiger partial charge on any atom is -0.354 e.